The standard InChI is InChI=1S/C23H28N4O4/c1-13(2)12-31-22(29)17-14(3)24-20-19(21(28)27(7)23(30)26(20)6)18(17)15-8-10-16(11-9-15)25(4)5/h8-11,13H,12H2,1-7H3/p+1. The molecule has 0 unspecified atom stereocenters. The van der Waals surface area contributed by atoms with Crippen molar-refractivity contribution in [3.05, 3.63) is 56.4 Å². The molecule has 0 bridgehead atoms. The highest BCUT2D eigenvalue weighted by atomic mass is 16.5. The summed E-state index contributed by atoms with van der Waals surface area (Å²) in [5.74, 6) is -0.336. The third kappa shape index (κ3) is 3.97. The van der Waals surface area contributed by atoms with Gasteiger partial charge in [-0.2, -0.15) is 4.57 Å². The minimum atomic E-state index is -0.507. The number of anilines is 1. The molecule has 164 valence electrons. The number of hydrogen-bond donors (Lipinski definition) is 0. The Morgan fingerprint density at radius 1 is 1.10 bits per heavy atom. The van der Waals surface area contributed by atoms with Crippen molar-refractivity contribution < 1.29 is 14.5 Å². The molecule has 8 nitrogen and oxygen atoms in total. The number of carbonyl (C=O) groups is 1. The third-order valence-electron chi connectivity index (χ3n) is 5.27. The molecule has 0 saturated carbocycles. The van der Waals surface area contributed by atoms with Gasteiger partial charge in [-0.3, -0.25) is 4.79 Å². The average Bonchev–Trinajstić information content (AvgIpc) is 2.73. The maximum absolute atomic E-state index is 13.2. The third-order valence-corrected chi connectivity index (χ3v) is 5.27. The van der Waals surface area contributed by atoms with E-state index in [4.69, 9.17) is 4.74 Å². The van der Waals surface area contributed by atoms with E-state index < -0.39 is 17.2 Å². The van der Waals surface area contributed by atoms with Crippen molar-refractivity contribution in [1.82, 2.24) is 9.13 Å². The highest BCUT2D eigenvalue weighted by Crippen LogP contribution is 2.31. The number of pyridine rings is 1. The maximum Gasteiger partial charge on any atom is 0.417 e. The highest BCUT2D eigenvalue weighted by Gasteiger charge is 2.29. The molecule has 0 fully saturated rings. The summed E-state index contributed by atoms with van der Waals surface area (Å²) in [5, 5.41) is 0.268. The number of aromatic amines is 1. The fourth-order valence-electron chi connectivity index (χ4n) is 3.55. The van der Waals surface area contributed by atoms with E-state index in [1.54, 1.807) is 14.0 Å². The minimum absolute atomic E-state index is 0.171. The zero-order valence-corrected chi connectivity index (χ0v) is 19.1. The number of benzene rings is 1. The number of rotatable bonds is 5. The monoisotopic (exact) mass is 425 g/mol. The number of nitrogens with zero attached hydrogens (tertiary/aromatic N) is 3. The van der Waals surface area contributed by atoms with Gasteiger partial charge in [-0.05, 0) is 30.5 Å². The van der Waals surface area contributed by atoms with E-state index in [9.17, 15) is 14.4 Å². The molecule has 0 aliphatic rings. The lowest BCUT2D eigenvalue weighted by Crippen LogP contribution is -2.40. The normalized spacial score (nSPS) is 11.2. The van der Waals surface area contributed by atoms with Crippen LogP contribution in [0.1, 0.15) is 29.9 Å². The van der Waals surface area contributed by atoms with Crippen LogP contribution in [0.5, 0.6) is 0 Å². The van der Waals surface area contributed by atoms with Crippen LogP contribution in [-0.2, 0) is 18.8 Å². The molecule has 1 aromatic carbocycles. The first kappa shape index (κ1) is 22.3. The van der Waals surface area contributed by atoms with Crippen LogP contribution in [0.3, 0.4) is 0 Å². The molecular weight excluding hydrogens is 396 g/mol. The van der Waals surface area contributed by atoms with Gasteiger partial charge in [0, 0.05) is 32.4 Å². The second-order valence-electron chi connectivity index (χ2n) is 8.36. The van der Waals surface area contributed by atoms with Crippen LogP contribution in [0.25, 0.3) is 22.2 Å². The van der Waals surface area contributed by atoms with Crippen LogP contribution in [0.4, 0.5) is 5.69 Å². The van der Waals surface area contributed by atoms with Gasteiger partial charge in [0.15, 0.2) is 0 Å². The van der Waals surface area contributed by atoms with Crippen LogP contribution < -0.4 is 21.1 Å². The molecule has 3 aromatic rings. The van der Waals surface area contributed by atoms with Crippen LogP contribution in [0, 0.1) is 12.8 Å². The summed E-state index contributed by atoms with van der Waals surface area (Å²) in [6.07, 6.45) is 0. The summed E-state index contributed by atoms with van der Waals surface area (Å²) in [7, 11) is 6.90. The molecule has 2 aromatic heterocycles. The summed E-state index contributed by atoms with van der Waals surface area (Å²) in [6.45, 7) is 5.92. The number of H-pyrrole nitrogens is 1. The summed E-state index contributed by atoms with van der Waals surface area (Å²) < 4.78 is 7.95. The summed E-state index contributed by atoms with van der Waals surface area (Å²) in [5.41, 5.74) is 2.39. The number of fused-ring (bicyclic) bond motifs is 1. The van der Waals surface area contributed by atoms with Gasteiger partial charge in [0.25, 0.3) is 11.2 Å². The Morgan fingerprint density at radius 3 is 2.26 bits per heavy atom. The average molecular weight is 426 g/mol. The Morgan fingerprint density at radius 2 is 1.71 bits per heavy atom. The largest absolute Gasteiger partial charge is 0.462 e. The molecule has 0 aliphatic heterocycles. The van der Waals surface area contributed by atoms with Crippen molar-refractivity contribution in [3.63, 3.8) is 0 Å². The molecule has 0 atom stereocenters. The fourth-order valence-corrected chi connectivity index (χ4v) is 3.55. The minimum Gasteiger partial charge on any atom is -0.462 e. The Kier molecular flexibility index (Phi) is 6.01. The Labute approximate surface area is 180 Å². The van der Waals surface area contributed by atoms with E-state index in [1.807, 2.05) is 57.1 Å². The lowest BCUT2D eigenvalue weighted by Gasteiger charge is -2.16. The van der Waals surface area contributed by atoms with Crippen molar-refractivity contribution >= 4 is 22.7 Å². The van der Waals surface area contributed by atoms with Crippen molar-refractivity contribution in [2.45, 2.75) is 20.8 Å². The zero-order chi connectivity index (χ0) is 23.0. The van der Waals surface area contributed by atoms with E-state index in [0.717, 1.165) is 10.3 Å². The molecular formula is C23H29N4O4+. The van der Waals surface area contributed by atoms with Gasteiger partial charge in [0.2, 0.25) is 0 Å². The van der Waals surface area contributed by atoms with Crippen LogP contribution in [0.15, 0.2) is 33.9 Å². The molecule has 31 heavy (non-hydrogen) atoms. The van der Waals surface area contributed by atoms with E-state index in [0.29, 0.717) is 28.0 Å². The second kappa shape index (κ2) is 8.37. The molecule has 3 rings (SSSR count). The van der Waals surface area contributed by atoms with E-state index in [-0.39, 0.29) is 17.9 Å². The van der Waals surface area contributed by atoms with Crippen molar-refractivity contribution in [3.8, 4) is 11.1 Å². The summed E-state index contributed by atoms with van der Waals surface area (Å²) >= 11 is 0. The quantitative estimate of drug-likeness (QED) is 0.583. The molecule has 0 spiro atoms. The molecule has 2 heterocycles. The first-order valence-corrected chi connectivity index (χ1v) is 10.1. The van der Waals surface area contributed by atoms with Gasteiger partial charge in [0.1, 0.15) is 16.6 Å². The van der Waals surface area contributed by atoms with E-state index in [1.165, 1.54) is 11.6 Å². The topological polar surface area (TPSA) is 87.7 Å². The number of nitrogens with one attached hydrogen (secondary N) is 1. The van der Waals surface area contributed by atoms with Gasteiger partial charge < -0.3 is 9.64 Å². The molecule has 0 aliphatic carbocycles. The van der Waals surface area contributed by atoms with Crippen molar-refractivity contribution in [2.75, 3.05) is 25.6 Å². The second-order valence-corrected chi connectivity index (χ2v) is 8.36. The van der Waals surface area contributed by atoms with Gasteiger partial charge in [0.05, 0.1) is 13.7 Å². The number of aromatic nitrogens is 3. The van der Waals surface area contributed by atoms with Gasteiger partial charge >= 0.3 is 11.7 Å². The van der Waals surface area contributed by atoms with E-state index >= 15 is 0 Å². The molecule has 1 N–H and O–H groups in total. The lowest BCUT2D eigenvalue weighted by atomic mass is 9.95. The SMILES string of the molecule is Cc1[nH+]c2c(c(-c3ccc(N(C)C)cc3)c1C(=O)OCC(C)C)c(=O)n(C)c(=O)n2C. The number of carbonyl (C=O) groups excluding carboxylic acids is 1. The first-order chi connectivity index (χ1) is 14.5. The predicted molar refractivity (Wildman–Crippen MR) is 121 cm³/mol. The highest BCUT2D eigenvalue weighted by molar-refractivity contribution is 6.06. The molecule has 0 radical (unpaired) electrons. The maximum atomic E-state index is 13.2. The molecule has 0 saturated heterocycles. The zero-order valence-electron chi connectivity index (χ0n) is 19.1. The fraction of sp³-hybridized carbons (Fsp3) is 0.391. The Hall–Kier alpha value is -3.42. The van der Waals surface area contributed by atoms with Crippen molar-refractivity contribution in [1.29, 1.82) is 0 Å². The Balaban J connectivity index is 2.44. The van der Waals surface area contributed by atoms with Gasteiger partial charge in [-0.15, -0.1) is 0 Å². The van der Waals surface area contributed by atoms with Crippen LogP contribution in [0.2, 0.25) is 0 Å². The Bertz CT molecular complexity index is 1270. The van der Waals surface area contributed by atoms with Crippen LogP contribution >= 0.6 is 0 Å². The predicted octanol–water partition coefficient (Wildman–Crippen LogP) is 1.91. The van der Waals surface area contributed by atoms with E-state index in [2.05, 4.69) is 4.98 Å². The summed E-state index contributed by atoms with van der Waals surface area (Å²) in [4.78, 5) is 43.8. The molecule has 0 amide bonds. The number of hydrogen-bond acceptors (Lipinski definition) is 5. The van der Waals surface area contributed by atoms with Crippen molar-refractivity contribution in [2.24, 2.45) is 20.0 Å². The number of aryl methyl sites for hydroxylation is 2. The first-order valence-electron chi connectivity index (χ1n) is 10.1. The summed E-state index contributed by atoms with van der Waals surface area (Å²) in [6, 6.07) is 7.58. The number of esters is 1. The van der Waals surface area contributed by atoms with Crippen LogP contribution in [-0.4, -0.2) is 35.8 Å². The number of ether oxygens (including phenoxy) is 1. The van der Waals surface area contributed by atoms with Gasteiger partial charge in [-0.25, -0.2) is 19.1 Å². The smallest absolute Gasteiger partial charge is 0.417 e. The lowest BCUT2D eigenvalue weighted by molar-refractivity contribution is -0.359. The van der Waals surface area contributed by atoms with Gasteiger partial charge in [-0.1, -0.05) is 26.0 Å². The molecule has 8 heteroatoms.